The molecule has 0 unspecified atom stereocenters. The average molecular weight is 443 g/mol. The standard InChI is InChI=1S/C24H34N4O2S/c1-24(2,3)18-8-10-27(11-9-18)15-23(29)28-13-20(17-6-5-7-19(12-17)30-4)21(14-28)22-16-31-26-25-22/h5-7,12,16,18,20-21H,8-11,13-15H2,1-4H3/t20-,21+/m0/s1. The Kier molecular flexibility index (Phi) is 6.63. The van der Waals surface area contributed by atoms with Crippen LogP contribution < -0.4 is 4.74 Å². The molecule has 6 nitrogen and oxygen atoms in total. The third-order valence-corrected chi connectivity index (χ3v) is 7.65. The second kappa shape index (κ2) is 9.25. The smallest absolute Gasteiger partial charge is 0.236 e. The van der Waals surface area contributed by atoms with Gasteiger partial charge in [0.25, 0.3) is 0 Å². The Bertz CT molecular complexity index is 872. The zero-order chi connectivity index (χ0) is 22.0. The molecule has 1 aromatic carbocycles. The van der Waals surface area contributed by atoms with Gasteiger partial charge in [-0.15, -0.1) is 5.10 Å². The third kappa shape index (κ3) is 5.09. The Balaban J connectivity index is 1.44. The summed E-state index contributed by atoms with van der Waals surface area (Å²) in [7, 11) is 1.69. The minimum atomic E-state index is 0.168. The lowest BCUT2D eigenvalue weighted by molar-refractivity contribution is -0.131. The van der Waals surface area contributed by atoms with Gasteiger partial charge >= 0.3 is 0 Å². The van der Waals surface area contributed by atoms with E-state index in [1.54, 1.807) is 7.11 Å². The summed E-state index contributed by atoms with van der Waals surface area (Å²) in [6, 6.07) is 8.20. The van der Waals surface area contributed by atoms with Gasteiger partial charge in [-0.1, -0.05) is 37.4 Å². The molecule has 0 bridgehead atoms. The molecular formula is C24H34N4O2S. The molecule has 0 spiro atoms. The predicted octanol–water partition coefficient (Wildman–Crippen LogP) is 4.01. The zero-order valence-corrected chi connectivity index (χ0v) is 19.9. The lowest BCUT2D eigenvalue weighted by atomic mass is 9.75. The molecule has 31 heavy (non-hydrogen) atoms. The maximum atomic E-state index is 13.2. The lowest BCUT2D eigenvalue weighted by Crippen LogP contribution is -2.44. The Morgan fingerprint density at radius 3 is 2.58 bits per heavy atom. The van der Waals surface area contributed by atoms with Gasteiger partial charge in [0, 0.05) is 30.3 Å². The van der Waals surface area contributed by atoms with Crippen LogP contribution in [0.1, 0.15) is 56.7 Å². The number of methoxy groups -OCH3 is 1. The van der Waals surface area contributed by atoms with E-state index in [-0.39, 0.29) is 17.7 Å². The van der Waals surface area contributed by atoms with E-state index in [0.29, 0.717) is 25.0 Å². The largest absolute Gasteiger partial charge is 0.497 e. The van der Waals surface area contributed by atoms with Crippen molar-refractivity contribution in [1.82, 2.24) is 19.4 Å². The van der Waals surface area contributed by atoms with Gasteiger partial charge in [-0.05, 0) is 66.5 Å². The molecule has 2 atom stereocenters. The first-order valence-corrected chi connectivity index (χ1v) is 12.1. The molecule has 2 saturated heterocycles. The number of likely N-dealkylation sites (tertiary alicyclic amines) is 2. The summed E-state index contributed by atoms with van der Waals surface area (Å²) in [6.07, 6.45) is 2.35. The molecule has 7 heteroatoms. The number of carbonyl (C=O) groups excluding carboxylic acids is 1. The third-order valence-electron chi connectivity index (χ3n) is 7.12. The molecule has 1 aromatic heterocycles. The molecule has 2 aliphatic rings. The first kappa shape index (κ1) is 22.2. The number of nitrogens with zero attached hydrogens (tertiary/aromatic N) is 4. The van der Waals surface area contributed by atoms with Crippen molar-refractivity contribution in [3.63, 3.8) is 0 Å². The summed E-state index contributed by atoms with van der Waals surface area (Å²) >= 11 is 1.37. The molecule has 4 rings (SSSR count). The van der Waals surface area contributed by atoms with Crippen LogP contribution in [0, 0.1) is 11.3 Å². The van der Waals surface area contributed by atoms with E-state index in [1.165, 1.54) is 29.9 Å². The maximum absolute atomic E-state index is 13.2. The summed E-state index contributed by atoms with van der Waals surface area (Å²) in [5.41, 5.74) is 2.53. The van der Waals surface area contributed by atoms with E-state index < -0.39 is 0 Å². The van der Waals surface area contributed by atoms with Crippen molar-refractivity contribution < 1.29 is 9.53 Å². The second-order valence-corrected chi connectivity index (χ2v) is 10.6. The van der Waals surface area contributed by atoms with Gasteiger partial charge < -0.3 is 9.64 Å². The first-order valence-electron chi connectivity index (χ1n) is 11.3. The maximum Gasteiger partial charge on any atom is 0.236 e. The van der Waals surface area contributed by atoms with E-state index in [2.05, 4.69) is 47.4 Å². The monoisotopic (exact) mass is 442 g/mol. The van der Waals surface area contributed by atoms with E-state index >= 15 is 0 Å². The molecule has 1 amide bonds. The first-order chi connectivity index (χ1) is 14.8. The van der Waals surface area contributed by atoms with Gasteiger partial charge in [0.15, 0.2) is 0 Å². The van der Waals surface area contributed by atoms with Crippen LogP contribution in [0.25, 0.3) is 0 Å². The summed E-state index contributed by atoms with van der Waals surface area (Å²) in [6.45, 7) is 10.9. The van der Waals surface area contributed by atoms with Crippen LogP contribution in [0.2, 0.25) is 0 Å². The van der Waals surface area contributed by atoms with Crippen LogP contribution in [-0.4, -0.2) is 65.1 Å². The average Bonchev–Trinajstić information content (AvgIpc) is 3.43. The molecule has 2 fully saturated rings. The fourth-order valence-corrected chi connectivity index (χ4v) is 5.62. The minimum absolute atomic E-state index is 0.168. The molecule has 0 saturated carbocycles. The van der Waals surface area contributed by atoms with Crippen LogP contribution in [-0.2, 0) is 4.79 Å². The topological polar surface area (TPSA) is 58.6 Å². The van der Waals surface area contributed by atoms with Crippen LogP contribution in [0.4, 0.5) is 0 Å². The van der Waals surface area contributed by atoms with E-state index in [0.717, 1.165) is 30.5 Å². The van der Waals surface area contributed by atoms with Gasteiger partial charge in [-0.3, -0.25) is 9.69 Å². The van der Waals surface area contributed by atoms with Gasteiger partial charge in [-0.2, -0.15) is 0 Å². The summed E-state index contributed by atoms with van der Waals surface area (Å²) in [4.78, 5) is 17.6. The van der Waals surface area contributed by atoms with Gasteiger partial charge in [0.05, 0.1) is 19.3 Å². The number of benzene rings is 1. The SMILES string of the molecule is COc1cccc([C@@H]2CN(C(=O)CN3CCC(C(C)(C)C)CC3)C[C@H]2c2csnn2)c1. The molecule has 3 heterocycles. The Labute approximate surface area is 189 Å². The van der Waals surface area contributed by atoms with Crippen molar-refractivity contribution in [3.05, 3.63) is 40.9 Å². The van der Waals surface area contributed by atoms with Gasteiger partial charge in [-0.25, -0.2) is 0 Å². The molecule has 168 valence electrons. The van der Waals surface area contributed by atoms with Crippen molar-refractivity contribution >= 4 is 17.4 Å². The van der Waals surface area contributed by atoms with Crippen LogP contribution in [0.5, 0.6) is 5.75 Å². The van der Waals surface area contributed by atoms with Crippen molar-refractivity contribution in [2.75, 3.05) is 39.8 Å². The number of aromatic nitrogens is 2. The highest BCUT2D eigenvalue weighted by atomic mass is 32.1. The van der Waals surface area contributed by atoms with Gasteiger partial charge in [0.1, 0.15) is 5.75 Å². The van der Waals surface area contributed by atoms with E-state index in [1.807, 2.05) is 22.4 Å². The summed E-state index contributed by atoms with van der Waals surface area (Å²) in [5, 5.41) is 6.36. The molecule has 2 aromatic rings. The van der Waals surface area contributed by atoms with Crippen LogP contribution in [0.3, 0.4) is 0 Å². The minimum Gasteiger partial charge on any atom is -0.497 e. The van der Waals surface area contributed by atoms with Crippen LogP contribution >= 0.6 is 11.5 Å². The Morgan fingerprint density at radius 1 is 1.19 bits per heavy atom. The number of piperidine rings is 1. The highest BCUT2D eigenvalue weighted by Crippen LogP contribution is 2.40. The highest BCUT2D eigenvalue weighted by Gasteiger charge is 2.39. The number of amides is 1. The summed E-state index contributed by atoms with van der Waals surface area (Å²) in [5.74, 6) is 2.19. The second-order valence-electron chi connectivity index (χ2n) is 10.0. The molecule has 0 aliphatic carbocycles. The predicted molar refractivity (Wildman–Crippen MR) is 124 cm³/mol. The number of ether oxygens (including phenoxy) is 1. The normalized spacial score (nSPS) is 23.3. The molecule has 2 aliphatic heterocycles. The molecule has 0 radical (unpaired) electrons. The zero-order valence-electron chi connectivity index (χ0n) is 19.1. The molecule has 0 N–H and O–H groups in total. The fraction of sp³-hybridized carbons (Fsp3) is 0.625. The van der Waals surface area contributed by atoms with Crippen LogP contribution in [0.15, 0.2) is 29.6 Å². The van der Waals surface area contributed by atoms with E-state index in [9.17, 15) is 4.79 Å². The quantitative estimate of drug-likeness (QED) is 0.700. The lowest BCUT2D eigenvalue weighted by Gasteiger charge is -2.38. The summed E-state index contributed by atoms with van der Waals surface area (Å²) < 4.78 is 9.51. The number of rotatable bonds is 5. The number of carbonyl (C=O) groups is 1. The van der Waals surface area contributed by atoms with Crippen molar-refractivity contribution in [2.24, 2.45) is 11.3 Å². The Morgan fingerprint density at radius 2 is 1.94 bits per heavy atom. The Hall–Kier alpha value is -1.99. The van der Waals surface area contributed by atoms with Crippen molar-refractivity contribution in [3.8, 4) is 5.75 Å². The van der Waals surface area contributed by atoms with E-state index in [4.69, 9.17) is 4.74 Å². The van der Waals surface area contributed by atoms with Gasteiger partial charge in [0.2, 0.25) is 5.91 Å². The van der Waals surface area contributed by atoms with Crippen molar-refractivity contribution in [2.45, 2.75) is 45.4 Å². The number of hydrogen-bond donors (Lipinski definition) is 0. The highest BCUT2D eigenvalue weighted by molar-refractivity contribution is 7.03. The number of hydrogen-bond acceptors (Lipinski definition) is 6. The fourth-order valence-electron chi connectivity index (χ4n) is 5.10. The molecular weight excluding hydrogens is 408 g/mol. The van der Waals surface area contributed by atoms with Crippen molar-refractivity contribution in [1.29, 1.82) is 0 Å².